The minimum atomic E-state index is 1.14. The van der Waals surface area contributed by atoms with E-state index in [0.29, 0.717) is 0 Å². The topological polar surface area (TPSA) is 23.8 Å². The molecule has 0 aromatic rings. The van der Waals surface area contributed by atoms with Crippen molar-refractivity contribution < 1.29 is 0 Å². The van der Waals surface area contributed by atoms with Gasteiger partial charge in [-0.05, 0) is 12.8 Å². The van der Waals surface area contributed by atoms with Gasteiger partial charge in [0.2, 0.25) is 0 Å². The van der Waals surface area contributed by atoms with Crippen molar-refractivity contribution in [2.45, 2.75) is 58.3 Å². The van der Waals surface area contributed by atoms with Crippen LogP contribution in [0.4, 0.5) is 0 Å². The third-order valence-electron chi connectivity index (χ3n) is 2.39. The molecule has 0 aliphatic heterocycles. The largest absolute Gasteiger partial charge is 0.193 e. The van der Waals surface area contributed by atoms with Gasteiger partial charge in [-0.1, -0.05) is 63.7 Å². The van der Waals surface area contributed by atoms with E-state index in [1.165, 1.54) is 51.0 Å². The fourth-order valence-electron chi connectivity index (χ4n) is 1.49. The van der Waals surface area contributed by atoms with Gasteiger partial charge in [-0.3, -0.25) is 0 Å². The van der Waals surface area contributed by atoms with Crippen molar-refractivity contribution in [1.82, 2.24) is 0 Å². The lowest BCUT2D eigenvalue weighted by Gasteiger charge is -1.98. The van der Waals surface area contributed by atoms with Crippen molar-refractivity contribution in [3.05, 3.63) is 24.3 Å². The first-order chi connectivity index (χ1) is 7.41. The van der Waals surface area contributed by atoms with Gasteiger partial charge in [-0.25, -0.2) is 0 Å². The monoisotopic (exact) mass is 205 g/mol. The molecule has 0 bridgehead atoms. The quantitative estimate of drug-likeness (QED) is 0.302. The maximum absolute atomic E-state index is 8.24. The Morgan fingerprint density at radius 2 is 1.60 bits per heavy atom. The van der Waals surface area contributed by atoms with E-state index in [-0.39, 0.29) is 0 Å². The normalized spacial score (nSPS) is 11.2. The number of nitriles is 1. The molecule has 0 radical (unpaired) electrons. The van der Waals surface area contributed by atoms with Crippen LogP contribution in [-0.4, -0.2) is 0 Å². The smallest absolute Gasteiger partial charge is 0.0912 e. The van der Waals surface area contributed by atoms with Gasteiger partial charge in [0.05, 0.1) is 6.07 Å². The molecule has 0 heterocycles. The molecule has 0 fully saturated rings. The molecular weight excluding hydrogens is 182 g/mol. The van der Waals surface area contributed by atoms with Crippen molar-refractivity contribution in [1.29, 1.82) is 5.26 Å². The summed E-state index contributed by atoms with van der Waals surface area (Å²) in [4.78, 5) is 0. The van der Waals surface area contributed by atoms with Crippen molar-refractivity contribution in [3.63, 3.8) is 0 Å². The van der Waals surface area contributed by atoms with Crippen LogP contribution in [0.5, 0.6) is 0 Å². The molecule has 15 heavy (non-hydrogen) atoms. The Hall–Kier alpha value is -1.03. The molecule has 0 spiro atoms. The zero-order valence-electron chi connectivity index (χ0n) is 9.91. The van der Waals surface area contributed by atoms with Gasteiger partial charge in [-0.2, -0.15) is 5.26 Å². The maximum atomic E-state index is 8.24. The van der Waals surface area contributed by atoms with Gasteiger partial charge in [0.15, 0.2) is 0 Å². The fraction of sp³-hybridized carbons (Fsp3) is 0.643. The van der Waals surface area contributed by atoms with Crippen LogP contribution in [0.1, 0.15) is 58.3 Å². The van der Waals surface area contributed by atoms with Crippen LogP contribution in [0, 0.1) is 11.3 Å². The second-order valence-electron chi connectivity index (χ2n) is 3.83. The standard InChI is InChI=1S/C14H23N/c1-2-3-4-5-6-7-8-9-10-11-12-13-14-15/h10-13H,2-9H2,1H3/b11-10+,13-12+. The molecule has 0 aliphatic rings. The van der Waals surface area contributed by atoms with Crippen LogP contribution in [0.3, 0.4) is 0 Å². The fourth-order valence-corrected chi connectivity index (χ4v) is 1.49. The first kappa shape index (κ1) is 14.0. The van der Waals surface area contributed by atoms with Gasteiger partial charge >= 0.3 is 0 Å². The highest BCUT2D eigenvalue weighted by Crippen LogP contribution is 2.08. The molecule has 0 N–H and O–H groups in total. The van der Waals surface area contributed by atoms with Gasteiger partial charge < -0.3 is 0 Å². The molecule has 0 saturated heterocycles. The molecule has 0 aromatic heterocycles. The molecule has 0 saturated carbocycles. The third kappa shape index (κ3) is 13.0. The number of nitrogens with zero attached hydrogens (tertiary/aromatic N) is 1. The van der Waals surface area contributed by atoms with E-state index in [2.05, 4.69) is 13.0 Å². The Labute approximate surface area is 94.5 Å². The average molecular weight is 205 g/mol. The summed E-state index contributed by atoms with van der Waals surface area (Å²) in [6.07, 6.45) is 18.0. The zero-order chi connectivity index (χ0) is 11.2. The minimum Gasteiger partial charge on any atom is -0.193 e. The highest BCUT2D eigenvalue weighted by molar-refractivity contribution is 5.11. The molecule has 84 valence electrons. The highest BCUT2D eigenvalue weighted by atomic mass is 14.2. The van der Waals surface area contributed by atoms with Gasteiger partial charge in [0.25, 0.3) is 0 Å². The Kier molecular flexibility index (Phi) is 12.1. The third-order valence-corrected chi connectivity index (χ3v) is 2.39. The SMILES string of the molecule is CCCCCCCCC/C=C/C=C/C#N. The maximum Gasteiger partial charge on any atom is 0.0912 e. The summed E-state index contributed by atoms with van der Waals surface area (Å²) in [6.45, 7) is 2.25. The van der Waals surface area contributed by atoms with Crippen molar-refractivity contribution >= 4 is 0 Å². The molecule has 0 atom stereocenters. The average Bonchev–Trinajstić information content (AvgIpc) is 2.26. The van der Waals surface area contributed by atoms with E-state index in [4.69, 9.17) is 5.26 Å². The number of hydrogen-bond acceptors (Lipinski definition) is 1. The molecule has 0 unspecified atom stereocenters. The molecule has 0 aliphatic carbocycles. The molecule has 0 aromatic carbocycles. The van der Waals surface area contributed by atoms with E-state index >= 15 is 0 Å². The Bertz CT molecular complexity index is 208. The van der Waals surface area contributed by atoms with Crippen LogP contribution < -0.4 is 0 Å². The van der Waals surface area contributed by atoms with Crippen LogP contribution in [0.2, 0.25) is 0 Å². The number of rotatable bonds is 9. The molecule has 0 rings (SSSR count). The second-order valence-corrected chi connectivity index (χ2v) is 3.83. The van der Waals surface area contributed by atoms with Crippen LogP contribution in [-0.2, 0) is 0 Å². The molecule has 0 amide bonds. The lowest BCUT2D eigenvalue weighted by molar-refractivity contribution is 0.592. The second kappa shape index (κ2) is 13.0. The summed E-state index contributed by atoms with van der Waals surface area (Å²) >= 11 is 0. The highest BCUT2D eigenvalue weighted by Gasteiger charge is 1.88. The van der Waals surface area contributed by atoms with E-state index < -0.39 is 0 Å². The Balaban J connectivity index is 3.08. The van der Waals surface area contributed by atoms with Crippen LogP contribution >= 0.6 is 0 Å². The summed E-state index contributed by atoms with van der Waals surface area (Å²) in [5, 5.41) is 8.24. The van der Waals surface area contributed by atoms with E-state index in [0.717, 1.165) is 6.42 Å². The minimum absolute atomic E-state index is 1.14. The first-order valence-electron chi connectivity index (χ1n) is 6.13. The summed E-state index contributed by atoms with van der Waals surface area (Å²) in [7, 11) is 0. The number of allylic oxidation sites excluding steroid dienone is 4. The Morgan fingerprint density at radius 3 is 2.27 bits per heavy atom. The van der Waals surface area contributed by atoms with Crippen molar-refractivity contribution in [2.24, 2.45) is 0 Å². The van der Waals surface area contributed by atoms with Crippen molar-refractivity contribution in [2.75, 3.05) is 0 Å². The molecule has 1 heteroatoms. The van der Waals surface area contributed by atoms with Crippen molar-refractivity contribution in [3.8, 4) is 6.07 Å². The Morgan fingerprint density at radius 1 is 0.933 bits per heavy atom. The predicted octanol–water partition coefficient (Wildman–Crippen LogP) is 4.76. The van der Waals surface area contributed by atoms with Crippen LogP contribution in [0.25, 0.3) is 0 Å². The molecule has 1 nitrogen and oxygen atoms in total. The summed E-state index contributed by atoms with van der Waals surface area (Å²) < 4.78 is 0. The number of hydrogen-bond donors (Lipinski definition) is 0. The molecular formula is C14H23N. The van der Waals surface area contributed by atoms with Gasteiger partial charge in [0, 0.05) is 6.08 Å². The lowest BCUT2D eigenvalue weighted by Crippen LogP contribution is -1.78. The van der Waals surface area contributed by atoms with Gasteiger partial charge in [0.1, 0.15) is 0 Å². The zero-order valence-corrected chi connectivity index (χ0v) is 9.91. The van der Waals surface area contributed by atoms with Crippen LogP contribution in [0.15, 0.2) is 24.3 Å². The summed E-state index contributed by atoms with van der Waals surface area (Å²) in [5.41, 5.74) is 0. The van der Waals surface area contributed by atoms with E-state index in [1.54, 1.807) is 6.08 Å². The number of unbranched alkanes of at least 4 members (excludes halogenated alkanes) is 7. The summed E-state index contributed by atoms with van der Waals surface area (Å²) in [5.74, 6) is 0. The lowest BCUT2D eigenvalue weighted by atomic mass is 10.1. The van der Waals surface area contributed by atoms with E-state index in [1.807, 2.05) is 12.1 Å². The van der Waals surface area contributed by atoms with E-state index in [9.17, 15) is 0 Å². The first-order valence-corrected chi connectivity index (χ1v) is 6.13. The summed E-state index contributed by atoms with van der Waals surface area (Å²) in [6, 6.07) is 1.97. The van der Waals surface area contributed by atoms with Gasteiger partial charge in [-0.15, -0.1) is 0 Å². The predicted molar refractivity (Wildman–Crippen MR) is 66.5 cm³/mol.